The maximum absolute atomic E-state index is 4.23. The van der Waals surface area contributed by atoms with E-state index in [9.17, 15) is 0 Å². The fourth-order valence-corrected chi connectivity index (χ4v) is 5.29. The van der Waals surface area contributed by atoms with Gasteiger partial charge in [-0.05, 0) is 49.4 Å². The molecule has 4 nitrogen and oxygen atoms in total. The van der Waals surface area contributed by atoms with E-state index in [0.717, 1.165) is 21.6 Å². The van der Waals surface area contributed by atoms with Crippen LogP contribution in [0.2, 0.25) is 0 Å². The molecule has 1 aliphatic heterocycles. The van der Waals surface area contributed by atoms with Gasteiger partial charge in [-0.2, -0.15) is 0 Å². The molecule has 1 atom stereocenters. The lowest BCUT2D eigenvalue weighted by molar-refractivity contribution is 0.264. The zero-order chi connectivity index (χ0) is 16.4. The Labute approximate surface area is 150 Å². The maximum Gasteiger partial charge on any atom is 0.174 e. The Kier molecular flexibility index (Phi) is 4.78. The van der Waals surface area contributed by atoms with E-state index in [1.54, 1.807) is 11.3 Å². The van der Waals surface area contributed by atoms with E-state index in [1.807, 2.05) is 31.1 Å². The standard InChI is InChI=1S/C18H20N4S2/c1-13-20-21-18(24-13)23-12-17-3-2-8-22(17)11-14-4-5-16-10-19-7-6-15(16)9-14/h4-7,9-10,17H,2-3,8,11-12H2,1H3. The molecule has 0 radical (unpaired) electrons. The Morgan fingerprint density at radius 3 is 3.08 bits per heavy atom. The largest absolute Gasteiger partial charge is 0.295 e. The molecule has 0 spiro atoms. The minimum atomic E-state index is 0.632. The number of fused-ring (bicyclic) bond motifs is 1. The fraction of sp³-hybridized carbons (Fsp3) is 0.389. The van der Waals surface area contributed by atoms with E-state index in [4.69, 9.17) is 0 Å². The molecule has 6 heteroatoms. The first-order valence-electron chi connectivity index (χ1n) is 8.27. The molecule has 1 aromatic carbocycles. The van der Waals surface area contributed by atoms with Gasteiger partial charge in [-0.3, -0.25) is 9.88 Å². The van der Waals surface area contributed by atoms with Crippen LogP contribution < -0.4 is 0 Å². The molecule has 2 aromatic heterocycles. The zero-order valence-electron chi connectivity index (χ0n) is 13.7. The van der Waals surface area contributed by atoms with Crippen LogP contribution in [0, 0.1) is 6.92 Å². The van der Waals surface area contributed by atoms with Crippen molar-refractivity contribution in [2.45, 2.75) is 36.7 Å². The Morgan fingerprint density at radius 1 is 1.25 bits per heavy atom. The summed E-state index contributed by atoms with van der Waals surface area (Å²) < 4.78 is 1.09. The number of aromatic nitrogens is 3. The summed E-state index contributed by atoms with van der Waals surface area (Å²) in [6, 6.07) is 9.44. The summed E-state index contributed by atoms with van der Waals surface area (Å²) in [6.07, 6.45) is 6.37. The first-order valence-corrected chi connectivity index (χ1v) is 10.1. The summed E-state index contributed by atoms with van der Waals surface area (Å²) in [5, 5.41) is 11.9. The minimum absolute atomic E-state index is 0.632. The molecule has 1 aliphatic rings. The minimum Gasteiger partial charge on any atom is -0.295 e. The molecule has 0 saturated carbocycles. The predicted molar refractivity (Wildman–Crippen MR) is 101 cm³/mol. The highest BCUT2D eigenvalue weighted by atomic mass is 32.2. The third-order valence-electron chi connectivity index (χ3n) is 4.50. The highest BCUT2D eigenvalue weighted by Gasteiger charge is 2.25. The van der Waals surface area contributed by atoms with Crippen molar-refractivity contribution in [3.8, 4) is 0 Å². The number of likely N-dealkylation sites (tertiary alicyclic amines) is 1. The first-order chi connectivity index (χ1) is 11.8. The Morgan fingerprint density at radius 2 is 2.21 bits per heavy atom. The quantitative estimate of drug-likeness (QED) is 0.642. The number of aryl methyl sites for hydroxylation is 1. The maximum atomic E-state index is 4.23. The number of hydrogen-bond acceptors (Lipinski definition) is 6. The van der Waals surface area contributed by atoms with Crippen LogP contribution in [0.15, 0.2) is 41.0 Å². The summed E-state index contributed by atoms with van der Waals surface area (Å²) in [7, 11) is 0. The molecule has 3 heterocycles. The van der Waals surface area contributed by atoms with Crippen LogP contribution in [-0.4, -0.2) is 38.4 Å². The van der Waals surface area contributed by atoms with E-state index in [1.165, 1.54) is 35.7 Å². The van der Waals surface area contributed by atoms with Crippen molar-refractivity contribution in [1.29, 1.82) is 0 Å². The third kappa shape index (κ3) is 3.61. The molecule has 0 bridgehead atoms. The average molecular weight is 357 g/mol. The topological polar surface area (TPSA) is 41.9 Å². The van der Waals surface area contributed by atoms with E-state index < -0.39 is 0 Å². The van der Waals surface area contributed by atoms with Crippen LogP contribution in [0.3, 0.4) is 0 Å². The number of benzene rings is 1. The van der Waals surface area contributed by atoms with Crippen molar-refractivity contribution >= 4 is 33.9 Å². The van der Waals surface area contributed by atoms with Gasteiger partial charge >= 0.3 is 0 Å². The molecular formula is C18H20N4S2. The summed E-state index contributed by atoms with van der Waals surface area (Å²) in [6.45, 7) is 4.23. The fourth-order valence-electron chi connectivity index (χ4n) is 3.26. The highest BCUT2D eigenvalue weighted by molar-refractivity contribution is 8.01. The van der Waals surface area contributed by atoms with Crippen LogP contribution in [0.4, 0.5) is 0 Å². The lowest BCUT2D eigenvalue weighted by Crippen LogP contribution is -2.30. The second kappa shape index (κ2) is 7.17. The lowest BCUT2D eigenvalue weighted by atomic mass is 10.1. The predicted octanol–water partition coefficient (Wildman–Crippen LogP) is 4.15. The number of hydrogen-bond donors (Lipinski definition) is 0. The molecule has 0 aliphatic carbocycles. The first kappa shape index (κ1) is 16.0. The van der Waals surface area contributed by atoms with E-state index in [0.29, 0.717) is 6.04 Å². The van der Waals surface area contributed by atoms with Crippen molar-refractivity contribution in [2.75, 3.05) is 12.3 Å². The van der Waals surface area contributed by atoms with Crippen LogP contribution in [-0.2, 0) is 6.54 Å². The van der Waals surface area contributed by atoms with Crippen molar-refractivity contribution < 1.29 is 0 Å². The van der Waals surface area contributed by atoms with Gasteiger partial charge in [0.2, 0.25) is 0 Å². The van der Waals surface area contributed by atoms with Crippen LogP contribution >= 0.6 is 23.1 Å². The average Bonchev–Trinajstić information content (AvgIpc) is 3.21. The molecule has 124 valence electrons. The molecule has 0 N–H and O–H groups in total. The number of thioether (sulfide) groups is 1. The summed E-state index contributed by atoms with van der Waals surface area (Å²) in [5.74, 6) is 1.10. The summed E-state index contributed by atoms with van der Waals surface area (Å²) in [5.41, 5.74) is 1.39. The van der Waals surface area contributed by atoms with E-state index in [-0.39, 0.29) is 0 Å². The van der Waals surface area contributed by atoms with Crippen molar-refractivity contribution in [1.82, 2.24) is 20.1 Å². The van der Waals surface area contributed by atoms with Gasteiger partial charge in [-0.1, -0.05) is 35.2 Å². The van der Waals surface area contributed by atoms with E-state index >= 15 is 0 Å². The van der Waals surface area contributed by atoms with Gasteiger partial charge in [0.1, 0.15) is 5.01 Å². The van der Waals surface area contributed by atoms with Crippen molar-refractivity contribution in [3.05, 3.63) is 47.2 Å². The van der Waals surface area contributed by atoms with Crippen LogP contribution in [0.5, 0.6) is 0 Å². The summed E-state index contributed by atoms with van der Waals surface area (Å²) in [4.78, 5) is 6.80. The second-order valence-electron chi connectivity index (χ2n) is 6.22. The van der Waals surface area contributed by atoms with Crippen LogP contribution in [0.1, 0.15) is 23.4 Å². The van der Waals surface area contributed by atoms with Crippen molar-refractivity contribution in [3.63, 3.8) is 0 Å². The molecule has 0 amide bonds. The molecule has 1 unspecified atom stereocenters. The monoisotopic (exact) mass is 356 g/mol. The number of rotatable bonds is 5. The number of nitrogens with zero attached hydrogens (tertiary/aromatic N) is 4. The van der Waals surface area contributed by atoms with Gasteiger partial charge in [0.25, 0.3) is 0 Å². The Balaban J connectivity index is 1.42. The van der Waals surface area contributed by atoms with Gasteiger partial charge < -0.3 is 0 Å². The van der Waals surface area contributed by atoms with Crippen molar-refractivity contribution in [2.24, 2.45) is 0 Å². The van der Waals surface area contributed by atoms with Gasteiger partial charge in [0, 0.05) is 36.1 Å². The van der Waals surface area contributed by atoms with Crippen LogP contribution in [0.25, 0.3) is 10.8 Å². The smallest absolute Gasteiger partial charge is 0.174 e. The molecular weight excluding hydrogens is 336 g/mol. The lowest BCUT2D eigenvalue weighted by Gasteiger charge is -2.24. The van der Waals surface area contributed by atoms with Gasteiger partial charge in [0.15, 0.2) is 4.34 Å². The molecule has 24 heavy (non-hydrogen) atoms. The van der Waals surface area contributed by atoms with Gasteiger partial charge in [-0.25, -0.2) is 0 Å². The zero-order valence-corrected chi connectivity index (χ0v) is 15.3. The summed E-state index contributed by atoms with van der Waals surface area (Å²) >= 11 is 3.54. The van der Waals surface area contributed by atoms with Gasteiger partial charge in [0.05, 0.1) is 0 Å². The molecule has 1 saturated heterocycles. The SMILES string of the molecule is Cc1nnc(SCC2CCCN2Cc2ccc3cnccc3c2)s1. The number of pyridine rings is 1. The Hall–Kier alpha value is -1.50. The third-order valence-corrected chi connectivity index (χ3v) is 6.61. The Bertz CT molecular complexity index is 833. The molecule has 4 rings (SSSR count). The molecule has 3 aromatic rings. The van der Waals surface area contributed by atoms with E-state index in [2.05, 4.69) is 44.3 Å². The second-order valence-corrected chi connectivity index (χ2v) is 8.67. The molecule has 1 fully saturated rings. The highest BCUT2D eigenvalue weighted by Crippen LogP contribution is 2.29. The van der Waals surface area contributed by atoms with Gasteiger partial charge in [-0.15, -0.1) is 10.2 Å². The normalized spacial score (nSPS) is 18.5.